The van der Waals surface area contributed by atoms with Crippen LogP contribution in [-0.2, 0) is 4.79 Å². The third-order valence-corrected chi connectivity index (χ3v) is 2.51. The standard InChI is InChI=1S/C11H17N3O4/c1-6(2)7-4-8(14-13-7)9(15)12-5-11(3,18)10(16)17/h4,6,18H,5H2,1-3H3,(H,12,15)(H,13,14)(H,16,17). The summed E-state index contributed by atoms with van der Waals surface area (Å²) in [5, 5.41) is 27.0. The Balaban J connectivity index is 2.63. The molecule has 100 valence electrons. The second-order valence-corrected chi connectivity index (χ2v) is 4.62. The fourth-order valence-electron chi connectivity index (χ4n) is 1.17. The number of aliphatic hydroxyl groups is 1. The van der Waals surface area contributed by atoms with Crippen LogP contribution in [0.1, 0.15) is 42.9 Å². The molecule has 0 saturated heterocycles. The number of aromatic amines is 1. The van der Waals surface area contributed by atoms with Gasteiger partial charge in [0, 0.05) is 5.69 Å². The summed E-state index contributed by atoms with van der Waals surface area (Å²) in [6.45, 7) is 4.62. The first-order valence-corrected chi connectivity index (χ1v) is 5.53. The maximum Gasteiger partial charge on any atom is 0.337 e. The molecule has 4 N–H and O–H groups in total. The maximum absolute atomic E-state index is 11.7. The molecule has 1 atom stereocenters. The van der Waals surface area contributed by atoms with Crippen molar-refractivity contribution in [2.24, 2.45) is 0 Å². The molecule has 7 nitrogen and oxygen atoms in total. The zero-order valence-electron chi connectivity index (χ0n) is 10.5. The normalized spacial score (nSPS) is 14.3. The third-order valence-electron chi connectivity index (χ3n) is 2.51. The molecule has 0 aliphatic heterocycles. The van der Waals surface area contributed by atoms with Crippen LogP contribution in [0.25, 0.3) is 0 Å². The second-order valence-electron chi connectivity index (χ2n) is 4.62. The lowest BCUT2D eigenvalue weighted by Crippen LogP contribution is -2.46. The van der Waals surface area contributed by atoms with Crippen LogP contribution in [-0.4, -0.2) is 44.4 Å². The van der Waals surface area contributed by atoms with Gasteiger partial charge in [-0.2, -0.15) is 5.10 Å². The summed E-state index contributed by atoms with van der Waals surface area (Å²) < 4.78 is 0. The van der Waals surface area contributed by atoms with Gasteiger partial charge in [0.15, 0.2) is 5.60 Å². The largest absolute Gasteiger partial charge is 0.479 e. The van der Waals surface area contributed by atoms with Gasteiger partial charge in [-0.05, 0) is 18.9 Å². The van der Waals surface area contributed by atoms with Crippen molar-refractivity contribution in [3.8, 4) is 0 Å². The van der Waals surface area contributed by atoms with Gasteiger partial charge in [0.1, 0.15) is 5.69 Å². The Morgan fingerprint density at radius 1 is 1.56 bits per heavy atom. The molecule has 0 bridgehead atoms. The van der Waals surface area contributed by atoms with Gasteiger partial charge in [-0.15, -0.1) is 0 Å². The average molecular weight is 255 g/mol. The molecule has 1 aromatic heterocycles. The van der Waals surface area contributed by atoms with Crippen molar-refractivity contribution in [1.29, 1.82) is 0 Å². The number of rotatable bonds is 5. The SMILES string of the molecule is CC(C)c1cc(C(=O)NCC(C)(O)C(=O)O)n[nH]1. The van der Waals surface area contributed by atoms with Crippen LogP contribution in [0.15, 0.2) is 6.07 Å². The molecule has 1 aromatic rings. The Morgan fingerprint density at radius 2 is 2.17 bits per heavy atom. The lowest BCUT2D eigenvalue weighted by molar-refractivity contribution is -0.155. The van der Waals surface area contributed by atoms with Crippen molar-refractivity contribution < 1.29 is 19.8 Å². The number of nitrogens with zero attached hydrogens (tertiary/aromatic N) is 1. The van der Waals surface area contributed by atoms with Crippen molar-refractivity contribution in [2.45, 2.75) is 32.3 Å². The number of H-pyrrole nitrogens is 1. The average Bonchev–Trinajstić information content (AvgIpc) is 2.75. The van der Waals surface area contributed by atoms with Gasteiger partial charge in [-0.1, -0.05) is 13.8 Å². The quantitative estimate of drug-likeness (QED) is 0.595. The first kappa shape index (κ1) is 14.2. The fraction of sp³-hybridized carbons (Fsp3) is 0.545. The fourth-order valence-corrected chi connectivity index (χ4v) is 1.17. The Kier molecular flexibility index (Phi) is 4.07. The molecule has 0 radical (unpaired) electrons. The molecule has 0 saturated carbocycles. The Bertz CT molecular complexity index is 451. The van der Waals surface area contributed by atoms with E-state index in [2.05, 4.69) is 15.5 Å². The van der Waals surface area contributed by atoms with Gasteiger partial charge in [-0.3, -0.25) is 9.89 Å². The van der Waals surface area contributed by atoms with E-state index < -0.39 is 17.5 Å². The van der Waals surface area contributed by atoms with E-state index in [-0.39, 0.29) is 18.2 Å². The Labute approximate surface area is 104 Å². The van der Waals surface area contributed by atoms with Gasteiger partial charge in [0.05, 0.1) is 6.54 Å². The number of aromatic nitrogens is 2. The molecule has 18 heavy (non-hydrogen) atoms. The van der Waals surface area contributed by atoms with Gasteiger partial charge in [0.2, 0.25) is 0 Å². The van der Waals surface area contributed by atoms with Crippen LogP contribution in [0.4, 0.5) is 0 Å². The molecule has 1 unspecified atom stereocenters. The zero-order valence-corrected chi connectivity index (χ0v) is 10.5. The predicted molar refractivity (Wildman–Crippen MR) is 63.3 cm³/mol. The number of carboxylic acids is 1. The summed E-state index contributed by atoms with van der Waals surface area (Å²) >= 11 is 0. The number of nitrogens with one attached hydrogen (secondary N) is 2. The minimum Gasteiger partial charge on any atom is -0.479 e. The number of amides is 1. The van der Waals surface area contributed by atoms with E-state index >= 15 is 0 Å². The summed E-state index contributed by atoms with van der Waals surface area (Å²) in [5.41, 5.74) is -1.02. The molecule has 7 heteroatoms. The lowest BCUT2D eigenvalue weighted by atomic mass is 10.1. The minimum atomic E-state index is -1.99. The van der Waals surface area contributed by atoms with Crippen LogP contribution in [0.2, 0.25) is 0 Å². The number of hydrogen-bond donors (Lipinski definition) is 4. The van der Waals surface area contributed by atoms with Crippen molar-refractivity contribution >= 4 is 11.9 Å². The molecular weight excluding hydrogens is 238 g/mol. The van der Waals surface area contributed by atoms with Crippen LogP contribution in [0, 0.1) is 0 Å². The van der Waals surface area contributed by atoms with Crippen molar-refractivity contribution in [2.75, 3.05) is 6.54 Å². The van der Waals surface area contributed by atoms with Gasteiger partial charge < -0.3 is 15.5 Å². The number of carbonyl (C=O) groups is 2. The highest BCUT2D eigenvalue weighted by atomic mass is 16.4. The van der Waals surface area contributed by atoms with Crippen LogP contribution in [0.5, 0.6) is 0 Å². The van der Waals surface area contributed by atoms with E-state index in [1.165, 1.54) is 0 Å². The summed E-state index contributed by atoms with van der Waals surface area (Å²) in [5.74, 6) is -1.71. The number of hydrogen-bond acceptors (Lipinski definition) is 4. The van der Waals surface area contributed by atoms with Crippen molar-refractivity contribution in [3.63, 3.8) is 0 Å². The van der Waals surface area contributed by atoms with Gasteiger partial charge >= 0.3 is 5.97 Å². The van der Waals surface area contributed by atoms with E-state index in [1.807, 2.05) is 13.8 Å². The molecule has 0 spiro atoms. The van der Waals surface area contributed by atoms with E-state index in [9.17, 15) is 14.7 Å². The van der Waals surface area contributed by atoms with Crippen LogP contribution >= 0.6 is 0 Å². The van der Waals surface area contributed by atoms with E-state index in [4.69, 9.17) is 5.11 Å². The predicted octanol–water partition coefficient (Wildman–Crippen LogP) is 0.0985. The number of carbonyl (C=O) groups excluding carboxylic acids is 1. The summed E-state index contributed by atoms with van der Waals surface area (Å²) in [7, 11) is 0. The van der Waals surface area contributed by atoms with E-state index in [0.29, 0.717) is 0 Å². The molecular formula is C11H17N3O4. The third kappa shape index (κ3) is 3.30. The molecule has 0 aliphatic carbocycles. The van der Waals surface area contributed by atoms with E-state index in [0.717, 1.165) is 12.6 Å². The first-order chi connectivity index (χ1) is 8.24. The smallest absolute Gasteiger partial charge is 0.337 e. The van der Waals surface area contributed by atoms with E-state index in [1.54, 1.807) is 6.07 Å². The Morgan fingerprint density at radius 3 is 2.61 bits per heavy atom. The first-order valence-electron chi connectivity index (χ1n) is 5.53. The summed E-state index contributed by atoms with van der Waals surface area (Å²) in [4.78, 5) is 22.3. The van der Waals surface area contributed by atoms with Crippen molar-refractivity contribution in [1.82, 2.24) is 15.5 Å². The van der Waals surface area contributed by atoms with Crippen molar-refractivity contribution in [3.05, 3.63) is 17.5 Å². The summed E-state index contributed by atoms with van der Waals surface area (Å²) in [6, 6.07) is 1.59. The highest BCUT2D eigenvalue weighted by molar-refractivity contribution is 5.92. The zero-order chi connectivity index (χ0) is 13.9. The molecule has 1 heterocycles. The molecule has 0 fully saturated rings. The number of carboxylic acid groups (broad SMARTS) is 1. The van der Waals surface area contributed by atoms with Gasteiger partial charge in [-0.25, -0.2) is 4.79 Å². The highest BCUT2D eigenvalue weighted by Gasteiger charge is 2.30. The highest BCUT2D eigenvalue weighted by Crippen LogP contribution is 2.11. The monoisotopic (exact) mass is 255 g/mol. The lowest BCUT2D eigenvalue weighted by Gasteiger charge is -2.17. The Hall–Kier alpha value is -1.89. The maximum atomic E-state index is 11.7. The molecule has 1 rings (SSSR count). The van der Waals surface area contributed by atoms with Crippen LogP contribution < -0.4 is 5.32 Å². The molecule has 0 aromatic carbocycles. The minimum absolute atomic E-state index is 0.167. The number of aliphatic carboxylic acids is 1. The van der Waals surface area contributed by atoms with Crippen LogP contribution in [0.3, 0.4) is 0 Å². The molecule has 0 aliphatic rings. The topological polar surface area (TPSA) is 115 Å². The van der Waals surface area contributed by atoms with Gasteiger partial charge in [0.25, 0.3) is 5.91 Å². The second kappa shape index (κ2) is 5.18. The summed E-state index contributed by atoms with van der Waals surface area (Å²) in [6.07, 6.45) is 0. The molecule has 1 amide bonds.